The maximum absolute atomic E-state index is 12.7. The first-order chi connectivity index (χ1) is 13.3. The van der Waals surface area contributed by atoms with Crippen molar-refractivity contribution >= 4 is 29.4 Å². The Morgan fingerprint density at radius 3 is 2.50 bits per heavy atom. The van der Waals surface area contributed by atoms with E-state index in [2.05, 4.69) is 15.4 Å². The standard InChI is InChI=1S/C19H19F3N2O3S/c1-27-17(25)12-28-11-14-5-3-7-16(9-14)24-18(26)23-10-13-4-2-6-15(8-13)19(20,21)22/h2-9H,10-12H2,1H3,(H2,23,24,26). The number of hydrogen-bond acceptors (Lipinski definition) is 4. The Morgan fingerprint density at radius 2 is 1.79 bits per heavy atom. The lowest BCUT2D eigenvalue weighted by Gasteiger charge is -2.11. The van der Waals surface area contributed by atoms with Gasteiger partial charge in [0.25, 0.3) is 0 Å². The number of anilines is 1. The highest BCUT2D eigenvalue weighted by atomic mass is 32.2. The number of hydrogen-bond donors (Lipinski definition) is 2. The number of ether oxygens (including phenoxy) is 1. The molecule has 0 aromatic heterocycles. The molecule has 28 heavy (non-hydrogen) atoms. The predicted molar refractivity (Wildman–Crippen MR) is 102 cm³/mol. The summed E-state index contributed by atoms with van der Waals surface area (Å²) in [7, 11) is 1.32. The Morgan fingerprint density at radius 1 is 1.07 bits per heavy atom. The molecule has 0 saturated heterocycles. The van der Waals surface area contributed by atoms with E-state index in [1.165, 1.54) is 31.0 Å². The number of esters is 1. The molecule has 150 valence electrons. The van der Waals surface area contributed by atoms with Gasteiger partial charge in [-0.25, -0.2) is 4.79 Å². The molecular weight excluding hydrogens is 393 g/mol. The molecule has 0 fully saturated rings. The summed E-state index contributed by atoms with van der Waals surface area (Å²) in [6, 6.07) is 11.3. The summed E-state index contributed by atoms with van der Waals surface area (Å²) in [4.78, 5) is 23.1. The van der Waals surface area contributed by atoms with Crippen LogP contribution in [0.25, 0.3) is 0 Å². The van der Waals surface area contributed by atoms with Gasteiger partial charge >= 0.3 is 18.2 Å². The molecule has 0 radical (unpaired) electrons. The van der Waals surface area contributed by atoms with Crippen molar-refractivity contribution in [1.29, 1.82) is 0 Å². The van der Waals surface area contributed by atoms with Gasteiger partial charge in [-0.1, -0.05) is 24.3 Å². The number of halogens is 3. The molecule has 0 bridgehead atoms. The minimum Gasteiger partial charge on any atom is -0.468 e. The Hall–Kier alpha value is -2.68. The van der Waals surface area contributed by atoms with Crippen molar-refractivity contribution in [1.82, 2.24) is 5.32 Å². The van der Waals surface area contributed by atoms with Crippen molar-refractivity contribution in [2.24, 2.45) is 0 Å². The molecule has 0 spiro atoms. The Balaban J connectivity index is 1.86. The molecule has 9 heteroatoms. The van der Waals surface area contributed by atoms with Crippen LogP contribution in [0.5, 0.6) is 0 Å². The van der Waals surface area contributed by atoms with Gasteiger partial charge in [-0.2, -0.15) is 13.2 Å². The van der Waals surface area contributed by atoms with Crippen molar-refractivity contribution < 1.29 is 27.5 Å². The van der Waals surface area contributed by atoms with E-state index in [-0.39, 0.29) is 18.3 Å². The van der Waals surface area contributed by atoms with E-state index in [1.807, 2.05) is 6.07 Å². The fraction of sp³-hybridized carbons (Fsp3) is 0.263. The van der Waals surface area contributed by atoms with E-state index < -0.39 is 17.8 Å². The summed E-state index contributed by atoms with van der Waals surface area (Å²) in [6.45, 7) is -0.0373. The number of amides is 2. The van der Waals surface area contributed by atoms with Gasteiger partial charge in [0.1, 0.15) is 0 Å². The summed E-state index contributed by atoms with van der Waals surface area (Å²) in [5, 5.41) is 5.16. The number of nitrogens with one attached hydrogen (secondary N) is 2. The van der Waals surface area contributed by atoms with Crippen LogP contribution in [-0.2, 0) is 28.0 Å². The molecule has 2 amide bonds. The Labute approximate surface area is 164 Å². The molecule has 2 aromatic carbocycles. The van der Waals surface area contributed by atoms with Crippen LogP contribution in [-0.4, -0.2) is 24.9 Å². The van der Waals surface area contributed by atoms with Crippen molar-refractivity contribution in [3.8, 4) is 0 Å². The van der Waals surface area contributed by atoms with Gasteiger partial charge in [-0.3, -0.25) is 4.79 Å². The molecule has 0 atom stereocenters. The topological polar surface area (TPSA) is 67.4 Å². The fourth-order valence-electron chi connectivity index (χ4n) is 2.27. The van der Waals surface area contributed by atoms with Crippen molar-refractivity contribution in [3.63, 3.8) is 0 Å². The second kappa shape index (κ2) is 10.0. The third kappa shape index (κ3) is 7.15. The van der Waals surface area contributed by atoms with E-state index in [4.69, 9.17) is 0 Å². The first-order valence-electron chi connectivity index (χ1n) is 8.22. The first-order valence-corrected chi connectivity index (χ1v) is 9.38. The molecule has 0 aliphatic heterocycles. The van der Waals surface area contributed by atoms with Crippen molar-refractivity contribution in [3.05, 3.63) is 65.2 Å². The number of rotatable bonds is 7. The summed E-state index contributed by atoms with van der Waals surface area (Å²) >= 11 is 1.38. The Bertz CT molecular complexity index is 828. The number of thioether (sulfide) groups is 1. The van der Waals surface area contributed by atoms with E-state index in [1.54, 1.807) is 18.2 Å². The number of methoxy groups -OCH3 is 1. The second-order valence-corrected chi connectivity index (χ2v) is 6.76. The molecule has 0 aliphatic rings. The summed E-state index contributed by atoms with van der Waals surface area (Å²) < 4.78 is 42.7. The third-order valence-electron chi connectivity index (χ3n) is 3.61. The van der Waals surface area contributed by atoms with Gasteiger partial charge in [-0.15, -0.1) is 11.8 Å². The van der Waals surface area contributed by atoms with E-state index >= 15 is 0 Å². The number of carbonyl (C=O) groups excluding carboxylic acids is 2. The Kier molecular flexibility index (Phi) is 7.74. The van der Waals surface area contributed by atoms with Crippen LogP contribution < -0.4 is 10.6 Å². The van der Waals surface area contributed by atoms with Crippen molar-refractivity contribution in [2.75, 3.05) is 18.2 Å². The zero-order valence-corrected chi connectivity index (χ0v) is 15.8. The van der Waals surface area contributed by atoms with Crippen LogP contribution in [0.15, 0.2) is 48.5 Å². The summed E-state index contributed by atoms with van der Waals surface area (Å²) in [6.07, 6.45) is -4.43. The molecular formula is C19H19F3N2O3S. The average molecular weight is 412 g/mol. The lowest BCUT2D eigenvalue weighted by molar-refractivity contribution is -0.138. The molecule has 0 saturated carbocycles. The highest BCUT2D eigenvalue weighted by Gasteiger charge is 2.30. The number of benzene rings is 2. The third-order valence-corrected chi connectivity index (χ3v) is 4.59. The number of alkyl halides is 3. The zero-order chi connectivity index (χ0) is 20.6. The van der Waals surface area contributed by atoms with Gasteiger partial charge in [0.2, 0.25) is 0 Å². The van der Waals surface area contributed by atoms with Gasteiger partial charge in [-0.05, 0) is 35.4 Å². The zero-order valence-electron chi connectivity index (χ0n) is 15.0. The SMILES string of the molecule is COC(=O)CSCc1cccc(NC(=O)NCc2cccc(C(F)(F)F)c2)c1. The molecule has 2 N–H and O–H groups in total. The van der Waals surface area contributed by atoms with Crippen LogP contribution in [0.1, 0.15) is 16.7 Å². The second-order valence-electron chi connectivity index (χ2n) is 5.78. The van der Waals surface area contributed by atoms with Gasteiger partial charge < -0.3 is 15.4 Å². The maximum Gasteiger partial charge on any atom is 0.416 e. The quantitative estimate of drug-likeness (QED) is 0.660. The van der Waals surface area contributed by atoms with Gasteiger partial charge in [0.15, 0.2) is 0 Å². The molecule has 5 nitrogen and oxygen atoms in total. The van der Waals surface area contributed by atoms with Crippen LogP contribution in [0.3, 0.4) is 0 Å². The fourth-order valence-corrected chi connectivity index (χ4v) is 3.07. The highest BCUT2D eigenvalue weighted by molar-refractivity contribution is 7.99. The first kappa shape index (κ1) is 21.6. The molecule has 0 heterocycles. The largest absolute Gasteiger partial charge is 0.468 e. The van der Waals surface area contributed by atoms with E-state index in [9.17, 15) is 22.8 Å². The summed E-state index contributed by atoms with van der Waals surface area (Å²) in [5.74, 6) is 0.482. The van der Waals surface area contributed by atoms with Crippen molar-refractivity contribution in [2.45, 2.75) is 18.5 Å². The minimum absolute atomic E-state index is 0.0373. The van der Waals surface area contributed by atoms with E-state index in [0.717, 1.165) is 17.7 Å². The number of urea groups is 1. The number of carbonyl (C=O) groups is 2. The molecule has 0 unspecified atom stereocenters. The van der Waals surface area contributed by atoms with Gasteiger partial charge in [0, 0.05) is 18.0 Å². The lowest BCUT2D eigenvalue weighted by Crippen LogP contribution is -2.28. The smallest absolute Gasteiger partial charge is 0.416 e. The lowest BCUT2D eigenvalue weighted by atomic mass is 10.1. The molecule has 0 aliphatic carbocycles. The van der Waals surface area contributed by atoms with Crippen LogP contribution >= 0.6 is 11.8 Å². The van der Waals surface area contributed by atoms with Crippen LogP contribution in [0.4, 0.5) is 23.7 Å². The minimum atomic E-state index is -4.43. The molecule has 2 rings (SSSR count). The van der Waals surface area contributed by atoms with Crippen LogP contribution in [0, 0.1) is 0 Å². The summed E-state index contributed by atoms with van der Waals surface area (Å²) in [5.41, 5.74) is 1.03. The normalized spacial score (nSPS) is 11.0. The van der Waals surface area contributed by atoms with E-state index in [0.29, 0.717) is 17.0 Å². The monoisotopic (exact) mass is 412 g/mol. The highest BCUT2D eigenvalue weighted by Crippen LogP contribution is 2.29. The predicted octanol–water partition coefficient (Wildman–Crippen LogP) is 4.43. The van der Waals surface area contributed by atoms with Crippen LogP contribution in [0.2, 0.25) is 0 Å². The maximum atomic E-state index is 12.7. The average Bonchev–Trinajstić information content (AvgIpc) is 2.66. The van der Waals surface area contributed by atoms with Gasteiger partial charge in [0.05, 0.1) is 18.4 Å². The molecule has 2 aromatic rings.